The van der Waals surface area contributed by atoms with Crippen molar-refractivity contribution >= 4 is 27.1 Å². The molecule has 3 rings (SSSR count). The number of ketones is 2. The second-order valence-corrected chi connectivity index (χ2v) is 10.1. The number of carbonyl (C=O) groups excluding carboxylic acids is 2. The van der Waals surface area contributed by atoms with E-state index < -0.39 is 15.8 Å². The molecular weight excluding hydrogens is 392 g/mol. The van der Waals surface area contributed by atoms with E-state index in [1.54, 1.807) is 19.9 Å². The highest BCUT2D eigenvalue weighted by molar-refractivity contribution is 7.91. The third-order valence-corrected chi connectivity index (χ3v) is 7.89. The molecule has 0 bridgehead atoms. The van der Waals surface area contributed by atoms with Crippen LogP contribution in [-0.4, -0.2) is 63.6 Å². The largest absolute Gasteiger partial charge is 0.399 e. The predicted octanol–water partition coefficient (Wildman–Crippen LogP) is 2.31. The number of aryl methyl sites for hydroxylation is 1. The van der Waals surface area contributed by atoms with Crippen LogP contribution in [0.2, 0.25) is 0 Å². The van der Waals surface area contributed by atoms with E-state index in [-0.39, 0.29) is 34.7 Å². The van der Waals surface area contributed by atoms with Crippen molar-refractivity contribution in [2.45, 2.75) is 50.5 Å². The van der Waals surface area contributed by atoms with Gasteiger partial charge in [-0.15, -0.1) is 0 Å². The second kappa shape index (κ2) is 7.99. The molecule has 0 saturated heterocycles. The molecule has 29 heavy (non-hydrogen) atoms. The van der Waals surface area contributed by atoms with Gasteiger partial charge < -0.3 is 9.74 Å². The second-order valence-electron chi connectivity index (χ2n) is 8.09. The molecule has 2 aliphatic rings. The van der Waals surface area contributed by atoms with Gasteiger partial charge in [0.05, 0.1) is 22.3 Å². The number of Topliss-reactive ketones (excluding diaryl/α,β-unsaturated/α-hetero) is 2. The highest BCUT2D eigenvalue weighted by Gasteiger charge is 2.41. The highest BCUT2D eigenvalue weighted by atomic mass is 32.2. The van der Waals surface area contributed by atoms with Crippen molar-refractivity contribution in [1.82, 2.24) is 4.90 Å². The zero-order chi connectivity index (χ0) is 21.5. The molecule has 0 radical (unpaired) electrons. The maximum absolute atomic E-state index is 13.5. The summed E-state index contributed by atoms with van der Waals surface area (Å²) in [5, 5.41) is 4.03. The first kappa shape index (κ1) is 21.6. The molecule has 1 saturated carbocycles. The fraction of sp³-hybridized carbons (Fsp3) is 0.571. The Morgan fingerprint density at radius 3 is 2.55 bits per heavy atom. The monoisotopic (exact) mass is 420 g/mol. The summed E-state index contributed by atoms with van der Waals surface area (Å²) in [5.41, 5.74) is 2.42. The number of oxime groups is 1. The number of sulfone groups is 1. The van der Waals surface area contributed by atoms with Gasteiger partial charge in [-0.1, -0.05) is 5.16 Å². The smallest absolute Gasteiger partial charge is 0.179 e. The normalized spacial score (nSPS) is 25.2. The van der Waals surface area contributed by atoms with Gasteiger partial charge in [0.15, 0.2) is 15.6 Å². The van der Waals surface area contributed by atoms with E-state index in [0.717, 1.165) is 12.8 Å². The summed E-state index contributed by atoms with van der Waals surface area (Å²) in [5.74, 6) is -1.07. The molecule has 158 valence electrons. The summed E-state index contributed by atoms with van der Waals surface area (Å²) in [4.78, 5) is 33.3. The lowest BCUT2D eigenvalue weighted by Crippen LogP contribution is -2.46. The minimum Gasteiger partial charge on any atom is -0.399 e. The average Bonchev–Trinajstić information content (AvgIpc) is 2.65. The maximum Gasteiger partial charge on any atom is 0.179 e. The number of fused-ring (bicyclic) bond motifs is 1. The summed E-state index contributed by atoms with van der Waals surface area (Å²) in [6.07, 6.45) is 2.18. The molecule has 0 N–H and O–H groups in total. The van der Waals surface area contributed by atoms with Crippen molar-refractivity contribution < 1.29 is 22.8 Å². The molecule has 1 aromatic carbocycles. The van der Waals surface area contributed by atoms with Gasteiger partial charge in [0.2, 0.25) is 0 Å². The highest BCUT2D eigenvalue weighted by Crippen LogP contribution is 2.36. The van der Waals surface area contributed by atoms with Crippen molar-refractivity contribution in [2.24, 2.45) is 11.1 Å². The summed E-state index contributed by atoms with van der Waals surface area (Å²) in [6, 6.07) is 1.47. The van der Waals surface area contributed by atoms with Crippen LogP contribution in [0, 0.1) is 19.8 Å². The lowest BCUT2D eigenvalue weighted by atomic mass is 9.77. The number of hydrogen-bond donors (Lipinski definition) is 0. The molecule has 7 nitrogen and oxygen atoms in total. The van der Waals surface area contributed by atoms with Crippen LogP contribution in [0.3, 0.4) is 0 Å². The van der Waals surface area contributed by atoms with E-state index in [1.807, 2.05) is 19.0 Å². The molecule has 1 aliphatic carbocycles. The van der Waals surface area contributed by atoms with Crippen LogP contribution in [-0.2, 0) is 19.5 Å². The SMILES string of the molecule is CON=C1CCS(=O)(=O)c2c(C)cc(C(=O)C3C(=O)CCCC3N(C)C)c(C)c21. The van der Waals surface area contributed by atoms with Crippen molar-refractivity contribution in [1.29, 1.82) is 0 Å². The third kappa shape index (κ3) is 3.75. The number of nitrogens with zero attached hydrogens (tertiary/aromatic N) is 2. The Morgan fingerprint density at radius 2 is 1.93 bits per heavy atom. The number of carbonyl (C=O) groups is 2. The van der Waals surface area contributed by atoms with Crippen LogP contribution in [0.15, 0.2) is 16.1 Å². The molecule has 8 heteroatoms. The summed E-state index contributed by atoms with van der Waals surface area (Å²) >= 11 is 0. The van der Waals surface area contributed by atoms with E-state index in [9.17, 15) is 18.0 Å². The number of rotatable bonds is 4. The summed E-state index contributed by atoms with van der Waals surface area (Å²) in [7, 11) is 1.70. The van der Waals surface area contributed by atoms with Gasteiger partial charge in [0.1, 0.15) is 12.9 Å². The number of hydrogen-bond acceptors (Lipinski definition) is 7. The van der Waals surface area contributed by atoms with Gasteiger partial charge in [-0.05, 0) is 58.0 Å². The van der Waals surface area contributed by atoms with Crippen molar-refractivity contribution in [3.8, 4) is 0 Å². The van der Waals surface area contributed by atoms with Crippen molar-refractivity contribution in [2.75, 3.05) is 27.0 Å². The molecule has 0 amide bonds. The van der Waals surface area contributed by atoms with Gasteiger partial charge in [-0.2, -0.15) is 0 Å². The maximum atomic E-state index is 13.5. The van der Waals surface area contributed by atoms with Crippen molar-refractivity contribution in [3.05, 3.63) is 28.3 Å². The van der Waals surface area contributed by atoms with Crippen LogP contribution in [0.25, 0.3) is 0 Å². The molecule has 0 spiro atoms. The number of benzene rings is 1. The van der Waals surface area contributed by atoms with Crippen LogP contribution < -0.4 is 0 Å². The average molecular weight is 421 g/mol. The Bertz CT molecular complexity index is 995. The van der Waals surface area contributed by atoms with Gasteiger partial charge in [-0.25, -0.2) is 8.42 Å². The van der Waals surface area contributed by atoms with Crippen LogP contribution in [0.1, 0.15) is 52.7 Å². The molecule has 0 aromatic heterocycles. The molecule has 1 fully saturated rings. The predicted molar refractivity (Wildman–Crippen MR) is 110 cm³/mol. The summed E-state index contributed by atoms with van der Waals surface area (Å²) < 4.78 is 25.5. The molecular formula is C21H28N2O5S. The van der Waals surface area contributed by atoms with Gasteiger partial charge in [-0.3, -0.25) is 9.59 Å². The first-order valence-electron chi connectivity index (χ1n) is 9.80. The molecule has 2 atom stereocenters. The lowest BCUT2D eigenvalue weighted by molar-refractivity contribution is -0.125. The van der Waals surface area contributed by atoms with E-state index in [0.29, 0.717) is 34.4 Å². The molecule has 1 heterocycles. The zero-order valence-corrected chi connectivity index (χ0v) is 18.4. The van der Waals surface area contributed by atoms with E-state index in [4.69, 9.17) is 4.84 Å². The third-order valence-electron chi connectivity index (χ3n) is 6.00. The van der Waals surface area contributed by atoms with Crippen LogP contribution in [0.4, 0.5) is 0 Å². The lowest BCUT2D eigenvalue weighted by Gasteiger charge is -2.34. The minimum atomic E-state index is -3.47. The Morgan fingerprint density at radius 1 is 1.24 bits per heavy atom. The Labute approximate surface area is 172 Å². The zero-order valence-electron chi connectivity index (χ0n) is 17.6. The Kier molecular flexibility index (Phi) is 5.96. The molecule has 1 aliphatic heterocycles. The first-order valence-corrected chi connectivity index (χ1v) is 11.5. The van der Waals surface area contributed by atoms with Crippen molar-refractivity contribution in [3.63, 3.8) is 0 Å². The van der Waals surface area contributed by atoms with Gasteiger partial charge in [0.25, 0.3) is 0 Å². The first-order chi connectivity index (χ1) is 13.6. The van der Waals surface area contributed by atoms with Gasteiger partial charge >= 0.3 is 0 Å². The van der Waals surface area contributed by atoms with Crippen LogP contribution in [0.5, 0.6) is 0 Å². The minimum absolute atomic E-state index is 0.0421. The fourth-order valence-corrected chi connectivity index (χ4v) is 6.42. The topological polar surface area (TPSA) is 93.1 Å². The van der Waals surface area contributed by atoms with E-state index in [2.05, 4.69) is 5.16 Å². The van der Waals surface area contributed by atoms with E-state index >= 15 is 0 Å². The molecule has 1 aromatic rings. The Hall–Kier alpha value is -2.06. The van der Waals surface area contributed by atoms with Crippen LogP contribution >= 0.6 is 0 Å². The van der Waals surface area contributed by atoms with Gasteiger partial charge in [0, 0.05) is 30.0 Å². The quantitative estimate of drug-likeness (QED) is 0.422. The standard InChI is InChI=1S/C21H28N2O5S/c1-12-11-14(20(25)19-16(23(3)4)7-6-8-17(19)24)13(2)18-15(22-28-5)9-10-29(26,27)21(12)18/h11,16,19H,6-10H2,1-5H3. The molecule has 2 unspecified atom stereocenters. The van der Waals surface area contributed by atoms with E-state index in [1.165, 1.54) is 7.11 Å². The Balaban J connectivity index is 2.20. The fourth-order valence-electron chi connectivity index (χ4n) is 4.62. The summed E-state index contributed by atoms with van der Waals surface area (Å²) in [6.45, 7) is 3.42.